The first-order chi connectivity index (χ1) is 6.45. The molecule has 14 heavy (non-hydrogen) atoms. The van der Waals surface area contributed by atoms with Gasteiger partial charge >= 0.3 is 10.2 Å². The lowest BCUT2D eigenvalue weighted by atomic mass is 10.2. The SMILES string of the molecule is C=C(c1cccc(OC)c1)S(=O)(=O)F. The third-order valence-corrected chi connectivity index (χ3v) is 2.51. The Kier molecular flexibility index (Phi) is 2.90. The average Bonchev–Trinajstić information content (AvgIpc) is 2.15. The predicted octanol–water partition coefficient (Wildman–Crippen LogP) is 1.97. The molecular weight excluding hydrogens is 207 g/mol. The standard InChI is InChI=1S/C9H9FO3S/c1-7(14(10,11)12)8-4-3-5-9(6-8)13-2/h3-6H,1H2,2H3. The van der Waals surface area contributed by atoms with Crippen LogP contribution in [0.4, 0.5) is 3.89 Å². The van der Waals surface area contributed by atoms with Crippen LogP contribution in [0.3, 0.4) is 0 Å². The summed E-state index contributed by atoms with van der Waals surface area (Å²) in [5, 5.41) is 0. The monoisotopic (exact) mass is 216 g/mol. The summed E-state index contributed by atoms with van der Waals surface area (Å²) in [5.74, 6) is 0.451. The number of hydrogen-bond acceptors (Lipinski definition) is 3. The maximum atomic E-state index is 12.5. The van der Waals surface area contributed by atoms with Gasteiger partial charge in [-0.2, -0.15) is 8.42 Å². The highest BCUT2D eigenvalue weighted by molar-refractivity contribution is 7.95. The van der Waals surface area contributed by atoms with Gasteiger partial charge in [0.1, 0.15) is 5.75 Å². The largest absolute Gasteiger partial charge is 0.497 e. The zero-order chi connectivity index (χ0) is 10.8. The number of hydrogen-bond donors (Lipinski definition) is 0. The molecule has 0 fully saturated rings. The molecule has 0 radical (unpaired) electrons. The smallest absolute Gasteiger partial charge is 0.332 e. The van der Waals surface area contributed by atoms with Gasteiger partial charge in [-0.1, -0.05) is 18.7 Å². The first-order valence-electron chi connectivity index (χ1n) is 3.73. The molecular formula is C9H9FO3S. The summed E-state index contributed by atoms with van der Waals surface area (Å²) in [7, 11) is -3.29. The van der Waals surface area contributed by atoms with Gasteiger partial charge in [0, 0.05) is 0 Å². The van der Waals surface area contributed by atoms with Gasteiger partial charge in [-0.05, 0) is 17.7 Å². The van der Waals surface area contributed by atoms with E-state index in [1.807, 2.05) is 0 Å². The summed E-state index contributed by atoms with van der Waals surface area (Å²) in [6.07, 6.45) is 0. The Hall–Kier alpha value is -1.36. The van der Waals surface area contributed by atoms with Crippen molar-refractivity contribution in [2.24, 2.45) is 0 Å². The van der Waals surface area contributed by atoms with E-state index in [1.165, 1.54) is 19.2 Å². The molecule has 0 saturated carbocycles. The van der Waals surface area contributed by atoms with Crippen LogP contribution in [0, 0.1) is 0 Å². The van der Waals surface area contributed by atoms with Gasteiger partial charge in [0.2, 0.25) is 0 Å². The van der Waals surface area contributed by atoms with Crippen LogP contribution >= 0.6 is 0 Å². The fraction of sp³-hybridized carbons (Fsp3) is 0.111. The van der Waals surface area contributed by atoms with Crippen molar-refractivity contribution in [2.45, 2.75) is 0 Å². The molecule has 76 valence electrons. The van der Waals surface area contributed by atoms with Gasteiger partial charge in [-0.25, -0.2) is 0 Å². The first-order valence-corrected chi connectivity index (χ1v) is 5.11. The third kappa shape index (κ3) is 2.32. The topological polar surface area (TPSA) is 43.4 Å². The lowest BCUT2D eigenvalue weighted by Crippen LogP contribution is -1.94. The zero-order valence-electron chi connectivity index (χ0n) is 7.53. The summed E-state index contributed by atoms with van der Waals surface area (Å²) in [5.41, 5.74) is 0.187. The van der Waals surface area contributed by atoms with Crippen molar-refractivity contribution in [2.75, 3.05) is 7.11 Å². The van der Waals surface area contributed by atoms with Gasteiger partial charge in [0.25, 0.3) is 0 Å². The molecule has 1 aromatic carbocycles. The number of rotatable bonds is 3. The van der Waals surface area contributed by atoms with Gasteiger partial charge in [0.05, 0.1) is 12.0 Å². The quantitative estimate of drug-likeness (QED) is 0.725. The second-order valence-electron chi connectivity index (χ2n) is 2.59. The highest BCUT2D eigenvalue weighted by atomic mass is 32.3. The van der Waals surface area contributed by atoms with Gasteiger partial charge in [0.15, 0.2) is 0 Å². The van der Waals surface area contributed by atoms with E-state index in [2.05, 4.69) is 6.58 Å². The summed E-state index contributed by atoms with van der Waals surface area (Å²) in [6.45, 7) is 3.15. The van der Waals surface area contributed by atoms with Crippen molar-refractivity contribution in [1.82, 2.24) is 0 Å². The van der Waals surface area contributed by atoms with Crippen LogP contribution < -0.4 is 4.74 Å². The molecule has 0 aliphatic carbocycles. The lowest BCUT2D eigenvalue weighted by molar-refractivity contribution is 0.414. The van der Waals surface area contributed by atoms with E-state index in [1.54, 1.807) is 12.1 Å². The van der Waals surface area contributed by atoms with Crippen molar-refractivity contribution in [3.8, 4) is 5.75 Å². The number of ether oxygens (including phenoxy) is 1. The minimum Gasteiger partial charge on any atom is -0.497 e. The number of halogens is 1. The summed E-state index contributed by atoms with van der Waals surface area (Å²) >= 11 is 0. The van der Waals surface area contributed by atoms with Gasteiger partial charge in [-0.3, -0.25) is 0 Å². The molecule has 3 nitrogen and oxygen atoms in total. The van der Waals surface area contributed by atoms with Crippen LogP contribution in [0.1, 0.15) is 5.56 Å². The molecule has 1 aromatic rings. The molecule has 0 spiro atoms. The van der Waals surface area contributed by atoms with E-state index in [0.717, 1.165) is 0 Å². The Labute approximate surface area is 82.0 Å². The van der Waals surface area contributed by atoms with Gasteiger partial charge in [-0.15, -0.1) is 3.89 Å². The molecule has 0 saturated heterocycles. The molecule has 0 N–H and O–H groups in total. The van der Waals surface area contributed by atoms with Crippen molar-refractivity contribution >= 4 is 15.1 Å². The molecule has 0 bridgehead atoms. The van der Waals surface area contributed by atoms with E-state index in [-0.39, 0.29) is 5.56 Å². The van der Waals surface area contributed by atoms with Crippen LogP contribution in [-0.4, -0.2) is 15.5 Å². The van der Waals surface area contributed by atoms with E-state index in [0.29, 0.717) is 5.75 Å². The summed E-state index contributed by atoms with van der Waals surface area (Å²) < 4.78 is 38.4. The molecule has 0 aromatic heterocycles. The van der Waals surface area contributed by atoms with Crippen LogP contribution in [0.15, 0.2) is 30.8 Å². The Balaban J connectivity index is 3.15. The fourth-order valence-electron chi connectivity index (χ4n) is 0.937. The van der Waals surface area contributed by atoms with Crippen molar-refractivity contribution in [3.63, 3.8) is 0 Å². The van der Waals surface area contributed by atoms with Crippen LogP contribution in [0.25, 0.3) is 4.91 Å². The highest BCUT2D eigenvalue weighted by Crippen LogP contribution is 2.23. The molecule has 0 aliphatic heterocycles. The molecule has 0 amide bonds. The fourth-order valence-corrected chi connectivity index (χ4v) is 1.35. The van der Waals surface area contributed by atoms with Crippen molar-refractivity contribution in [1.29, 1.82) is 0 Å². The summed E-state index contributed by atoms with van der Waals surface area (Å²) in [4.78, 5) is -0.559. The molecule has 1 rings (SSSR count). The van der Waals surface area contributed by atoms with Crippen molar-refractivity contribution < 1.29 is 17.0 Å². The second-order valence-corrected chi connectivity index (χ2v) is 3.96. The maximum Gasteiger partial charge on any atom is 0.332 e. The van der Waals surface area contributed by atoms with Crippen LogP contribution in [0.2, 0.25) is 0 Å². The number of methoxy groups -OCH3 is 1. The van der Waals surface area contributed by atoms with E-state index < -0.39 is 15.1 Å². The normalized spacial score (nSPS) is 11.0. The molecule has 0 atom stereocenters. The average molecular weight is 216 g/mol. The van der Waals surface area contributed by atoms with Crippen molar-refractivity contribution in [3.05, 3.63) is 36.4 Å². The minimum atomic E-state index is -4.73. The molecule has 0 unspecified atom stereocenters. The van der Waals surface area contributed by atoms with E-state index in [9.17, 15) is 12.3 Å². The first kappa shape index (κ1) is 10.7. The van der Waals surface area contributed by atoms with E-state index in [4.69, 9.17) is 4.74 Å². The maximum absolute atomic E-state index is 12.5. The van der Waals surface area contributed by atoms with Crippen LogP contribution in [-0.2, 0) is 10.2 Å². The Bertz CT molecular complexity index is 451. The zero-order valence-corrected chi connectivity index (χ0v) is 8.34. The second kappa shape index (κ2) is 3.79. The Morgan fingerprint density at radius 2 is 2.14 bits per heavy atom. The third-order valence-electron chi connectivity index (χ3n) is 1.69. The molecule has 5 heteroatoms. The van der Waals surface area contributed by atoms with E-state index >= 15 is 0 Å². The van der Waals surface area contributed by atoms with Gasteiger partial charge < -0.3 is 4.74 Å². The Morgan fingerprint density at radius 1 is 1.50 bits per heavy atom. The highest BCUT2D eigenvalue weighted by Gasteiger charge is 2.15. The predicted molar refractivity (Wildman–Crippen MR) is 52.1 cm³/mol. The van der Waals surface area contributed by atoms with Crippen LogP contribution in [0.5, 0.6) is 5.75 Å². The molecule has 0 heterocycles. The summed E-state index contributed by atoms with van der Waals surface area (Å²) in [6, 6.07) is 6.04. The minimum absolute atomic E-state index is 0.187. The number of benzene rings is 1. The lowest BCUT2D eigenvalue weighted by Gasteiger charge is -2.03. The Morgan fingerprint density at radius 3 is 2.64 bits per heavy atom. The molecule has 0 aliphatic rings.